The molecular weight excluding hydrogens is 314 g/mol. The largest absolute Gasteiger partial charge is 0.350 e. The van der Waals surface area contributed by atoms with Crippen LogP contribution >= 0.6 is 11.6 Å². The van der Waals surface area contributed by atoms with Crippen LogP contribution in [0.5, 0.6) is 0 Å². The van der Waals surface area contributed by atoms with Gasteiger partial charge in [0.05, 0.1) is 17.6 Å². The fraction of sp³-hybridized carbons (Fsp3) is 0.353. The van der Waals surface area contributed by atoms with E-state index in [9.17, 15) is 9.59 Å². The van der Waals surface area contributed by atoms with Crippen LogP contribution in [-0.2, 0) is 4.79 Å². The molecule has 0 aliphatic heterocycles. The van der Waals surface area contributed by atoms with E-state index < -0.39 is 0 Å². The predicted octanol–water partition coefficient (Wildman–Crippen LogP) is 2.87. The normalized spacial score (nSPS) is 11.3. The van der Waals surface area contributed by atoms with Gasteiger partial charge in [0.2, 0.25) is 5.91 Å². The maximum atomic E-state index is 12.7. The lowest BCUT2D eigenvalue weighted by Crippen LogP contribution is -2.46. The number of para-hydroxylation sites is 1. The van der Waals surface area contributed by atoms with Crippen LogP contribution in [0, 0.1) is 0 Å². The summed E-state index contributed by atoms with van der Waals surface area (Å²) in [5.41, 5.74) is 0.746. The molecule has 1 aromatic heterocycles. The summed E-state index contributed by atoms with van der Waals surface area (Å²) in [7, 11) is 1.59. The maximum absolute atomic E-state index is 12.7. The van der Waals surface area contributed by atoms with Crippen molar-refractivity contribution < 1.29 is 9.59 Å². The van der Waals surface area contributed by atoms with Crippen molar-refractivity contribution in [3.8, 4) is 0 Å². The number of nitrogens with one attached hydrogen (secondary N) is 1. The van der Waals surface area contributed by atoms with Gasteiger partial charge in [-0.05, 0) is 32.9 Å². The van der Waals surface area contributed by atoms with Gasteiger partial charge in [0.25, 0.3) is 5.91 Å². The molecule has 0 aliphatic carbocycles. The third-order valence-electron chi connectivity index (χ3n) is 3.16. The van der Waals surface area contributed by atoms with E-state index in [2.05, 4.69) is 10.3 Å². The molecule has 122 valence electrons. The minimum Gasteiger partial charge on any atom is -0.350 e. The molecule has 1 heterocycles. The van der Waals surface area contributed by atoms with Crippen LogP contribution in [-0.4, -0.2) is 40.8 Å². The Balaban J connectivity index is 2.25. The summed E-state index contributed by atoms with van der Waals surface area (Å²) in [6.07, 6.45) is 0. The smallest absolute Gasteiger partial charge is 0.254 e. The quantitative estimate of drug-likeness (QED) is 0.878. The molecule has 2 aromatic rings. The molecule has 0 fully saturated rings. The fourth-order valence-corrected chi connectivity index (χ4v) is 2.47. The zero-order valence-corrected chi connectivity index (χ0v) is 14.4. The van der Waals surface area contributed by atoms with Gasteiger partial charge in [-0.2, -0.15) is 0 Å². The van der Waals surface area contributed by atoms with Gasteiger partial charge in [-0.15, -0.1) is 0 Å². The third kappa shape index (κ3) is 4.42. The molecule has 0 radical (unpaired) electrons. The number of halogens is 1. The lowest BCUT2D eigenvalue weighted by molar-refractivity contribution is -0.122. The highest BCUT2D eigenvalue weighted by atomic mass is 35.5. The van der Waals surface area contributed by atoms with Crippen LogP contribution in [0.25, 0.3) is 10.9 Å². The second-order valence-corrected chi connectivity index (χ2v) is 6.86. The highest BCUT2D eigenvalue weighted by Gasteiger charge is 2.20. The summed E-state index contributed by atoms with van der Waals surface area (Å²) >= 11 is 6.00. The number of pyridine rings is 1. The van der Waals surface area contributed by atoms with Crippen molar-refractivity contribution in [3.05, 3.63) is 41.0 Å². The minimum absolute atomic E-state index is 0.0234. The van der Waals surface area contributed by atoms with E-state index in [1.807, 2.05) is 39.0 Å². The van der Waals surface area contributed by atoms with Crippen molar-refractivity contribution in [1.29, 1.82) is 0 Å². The van der Waals surface area contributed by atoms with Gasteiger partial charge < -0.3 is 10.2 Å². The van der Waals surface area contributed by atoms with Crippen LogP contribution in [0.15, 0.2) is 30.3 Å². The number of carbonyl (C=O) groups is 2. The Bertz CT molecular complexity index is 753. The number of nitrogens with zero attached hydrogens (tertiary/aromatic N) is 2. The van der Waals surface area contributed by atoms with Crippen molar-refractivity contribution in [1.82, 2.24) is 15.2 Å². The number of amides is 2. The zero-order chi connectivity index (χ0) is 17.2. The first kappa shape index (κ1) is 17.2. The second-order valence-electron chi connectivity index (χ2n) is 6.47. The number of rotatable bonds is 3. The summed E-state index contributed by atoms with van der Waals surface area (Å²) in [6, 6.07) is 8.81. The van der Waals surface area contributed by atoms with Gasteiger partial charge in [-0.3, -0.25) is 9.59 Å². The Morgan fingerprint density at radius 1 is 1.26 bits per heavy atom. The van der Waals surface area contributed by atoms with Crippen LogP contribution in [0.2, 0.25) is 5.15 Å². The molecule has 5 nitrogen and oxygen atoms in total. The lowest BCUT2D eigenvalue weighted by atomic mass is 10.1. The standard InChI is InChI=1S/C17H20ClN3O2/c1-17(2,3)20-15(22)10-21(4)16(23)12-9-14(18)19-13-8-6-5-7-11(12)13/h5-9H,10H2,1-4H3,(H,20,22). The first-order chi connectivity index (χ1) is 10.7. The first-order valence-corrected chi connectivity index (χ1v) is 7.67. The summed E-state index contributed by atoms with van der Waals surface area (Å²) < 4.78 is 0. The highest BCUT2D eigenvalue weighted by molar-refractivity contribution is 6.30. The Kier molecular flexibility index (Phi) is 4.90. The Morgan fingerprint density at radius 2 is 1.91 bits per heavy atom. The van der Waals surface area contributed by atoms with Gasteiger partial charge in [-0.25, -0.2) is 4.98 Å². The number of hydrogen-bond donors (Lipinski definition) is 1. The molecule has 0 spiro atoms. The molecule has 1 aromatic carbocycles. The monoisotopic (exact) mass is 333 g/mol. The van der Waals surface area contributed by atoms with Crippen molar-refractivity contribution in [3.63, 3.8) is 0 Å². The number of fused-ring (bicyclic) bond motifs is 1. The Morgan fingerprint density at radius 3 is 2.57 bits per heavy atom. The van der Waals surface area contributed by atoms with E-state index in [1.165, 1.54) is 11.0 Å². The van der Waals surface area contributed by atoms with Crippen molar-refractivity contribution >= 4 is 34.3 Å². The molecule has 2 rings (SSSR count). The second kappa shape index (κ2) is 6.54. The van der Waals surface area contributed by atoms with Gasteiger partial charge >= 0.3 is 0 Å². The molecular formula is C17H20ClN3O2. The average Bonchev–Trinajstić information content (AvgIpc) is 2.43. The van der Waals surface area contributed by atoms with Crippen LogP contribution < -0.4 is 5.32 Å². The molecule has 0 saturated carbocycles. The topological polar surface area (TPSA) is 62.3 Å². The molecule has 0 atom stereocenters. The summed E-state index contributed by atoms with van der Waals surface area (Å²) in [5, 5.41) is 3.80. The van der Waals surface area contributed by atoms with E-state index in [0.29, 0.717) is 16.5 Å². The Labute approximate surface area is 140 Å². The van der Waals surface area contributed by atoms with Crippen LogP contribution in [0.1, 0.15) is 31.1 Å². The molecule has 6 heteroatoms. The average molecular weight is 334 g/mol. The van der Waals surface area contributed by atoms with Crippen molar-refractivity contribution in [2.45, 2.75) is 26.3 Å². The number of carbonyl (C=O) groups excluding carboxylic acids is 2. The molecule has 0 aliphatic rings. The summed E-state index contributed by atoms with van der Waals surface area (Å²) in [6.45, 7) is 5.65. The third-order valence-corrected chi connectivity index (χ3v) is 3.35. The predicted molar refractivity (Wildman–Crippen MR) is 91.6 cm³/mol. The number of likely N-dealkylation sites (N-methyl/N-ethyl adjacent to an activating group) is 1. The molecule has 0 bridgehead atoms. The van der Waals surface area contributed by atoms with Gasteiger partial charge in [0, 0.05) is 18.0 Å². The van der Waals surface area contributed by atoms with Gasteiger partial charge in [-0.1, -0.05) is 29.8 Å². The van der Waals surface area contributed by atoms with Crippen LogP contribution in [0.4, 0.5) is 0 Å². The van der Waals surface area contributed by atoms with Crippen LogP contribution in [0.3, 0.4) is 0 Å². The van der Waals surface area contributed by atoms with E-state index >= 15 is 0 Å². The molecule has 2 amide bonds. The summed E-state index contributed by atoms with van der Waals surface area (Å²) in [5.74, 6) is -0.479. The maximum Gasteiger partial charge on any atom is 0.254 e. The minimum atomic E-state index is -0.340. The zero-order valence-electron chi connectivity index (χ0n) is 13.7. The first-order valence-electron chi connectivity index (χ1n) is 7.29. The number of aromatic nitrogens is 1. The van der Waals surface area contributed by atoms with Crippen molar-refractivity contribution in [2.24, 2.45) is 0 Å². The van der Waals surface area contributed by atoms with E-state index in [4.69, 9.17) is 11.6 Å². The highest BCUT2D eigenvalue weighted by Crippen LogP contribution is 2.21. The van der Waals surface area contributed by atoms with Crippen molar-refractivity contribution in [2.75, 3.05) is 13.6 Å². The number of benzene rings is 1. The summed E-state index contributed by atoms with van der Waals surface area (Å²) in [4.78, 5) is 30.2. The van der Waals surface area contributed by atoms with E-state index in [1.54, 1.807) is 13.1 Å². The van der Waals surface area contributed by atoms with Gasteiger partial charge in [0.15, 0.2) is 0 Å². The lowest BCUT2D eigenvalue weighted by Gasteiger charge is -2.23. The SMILES string of the molecule is CN(CC(=O)NC(C)(C)C)C(=O)c1cc(Cl)nc2ccccc12. The van der Waals surface area contributed by atoms with E-state index in [-0.39, 0.29) is 29.1 Å². The van der Waals surface area contributed by atoms with E-state index in [0.717, 1.165) is 0 Å². The molecule has 23 heavy (non-hydrogen) atoms. The molecule has 1 N–H and O–H groups in total. The number of hydrogen-bond acceptors (Lipinski definition) is 3. The molecule has 0 unspecified atom stereocenters. The molecule has 0 saturated heterocycles. The van der Waals surface area contributed by atoms with Gasteiger partial charge in [0.1, 0.15) is 5.15 Å². The fourth-order valence-electron chi connectivity index (χ4n) is 2.27. The Hall–Kier alpha value is -2.14.